The van der Waals surface area contributed by atoms with Gasteiger partial charge in [-0.2, -0.15) is 0 Å². The summed E-state index contributed by atoms with van der Waals surface area (Å²) in [6.45, 7) is 10.4. The number of nitrogens with one attached hydrogen (secondary N) is 1. The molecule has 0 amide bonds. The standard InChI is InChI=1S/C15H25N3O2S/c1-6-8-16-15(5,13(19)20)7-9-21-14-17-11(3)10(2)12(4)18-14/h16H,6-9H2,1-5H3,(H,19,20). The highest BCUT2D eigenvalue weighted by Gasteiger charge is 2.31. The molecule has 1 unspecified atom stereocenters. The van der Waals surface area contributed by atoms with Gasteiger partial charge in [0.1, 0.15) is 5.54 Å². The fourth-order valence-corrected chi connectivity index (χ4v) is 2.92. The van der Waals surface area contributed by atoms with Crippen LogP contribution < -0.4 is 5.32 Å². The van der Waals surface area contributed by atoms with Crippen LogP contribution in [0.3, 0.4) is 0 Å². The third-order valence-corrected chi connectivity index (χ3v) is 4.53. The molecular weight excluding hydrogens is 286 g/mol. The van der Waals surface area contributed by atoms with Gasteiger partial charge in [0.15, 0.2) is 5.16 Å². The van der Waals surface area contributed by atoms with E-state index in [0.717, 1.165) is 28.5 Å². The Balaban J connectivity index is 2.64. The number of carboxylic acid groups (broad SMARTS) is 1. The third kappa shape index (κ3) is 4.97. The molecule has 0 aliphatic carbocycles. The normalized spacial score (nSPS) is 14.0. The lowest BCUT2D eigenvalue weighted by Crippen LogP contribution is -2.50. The zero-order valence-corrected chi connectivity index (χ0v) is 14.3. The summed E-state index contributed by atoms with van der Waals surface area (Å²) in [5.41, 5.74) is 2.18. The molecule has 0 spiro atoms. The van der Waals surface area contributed by atoms with E-state index in [2.05, 4.69) is 15.3 Å². The van der Waals surface area contributed by atoms with E-state index < -0.39 is 11.5 Å². The van der Waals surface area contributed by atoms with Crippen LogP contribution in [0.15, 0.2) is 5.16 Å². The molecule has 118 valence electrons. The van der Waals surface area contributed by atoms with E-state index in [9.17, 15) is 9.90 Å². The van der Waals surface area contributed by atoms with E-state index >= 15 is 0 Å². The minimum atomic E-state index is -0.891. The van der Waals surface area contributed by atoms with E-state index in [1.54, 1.807) is 6.92 Å². The lowest BCUT2D eigenvalue weighted by atomic mass is 9.99. The van der Waals surface area contributed by atoms with Crippen LogP contribution in [-0.4, -0.2) is 38.9 Å². The fraction of sp³-hybridized carbons (Fsp3) is 0.667. The van der Waals surface area contributed by atoms with E-state index in [1.807, 2.05) is 27.7 Å². The molecule has 21 heavy (non-hydrogen) atoms. The topological polar surface area (TPSA) is 75.1 Å². The van der Waals surface area contributed by atoms with Gasteiger partial charge in [-0.3, -0.25) is 4.79 Å². The molecule has 0 bridgehead atoms. The average molecular weight is 311 g/mol. The molecular formula is C15H25N3O2S. The Kier molecular flexibility index (Phi) is 6.61. The Morgan fingerprint density at radius 2 is 1.86 bits per heavy atom. The second-order valence-corrected chi connectivity index (χ2v) is 6.53. The van der Waals surface area contributed by atoms with Gasteiger partial charge in [0.25, 0.3) is 0 Å². The molecule has 0 aromatic carbocycles. The number of aromatic nitrogens is 2. The zero-order valence-electron chi connectivity index (χ0n) is 13.5. The minimum Gasteiger partial charge on any atom is -0.480 e. The molecule has 0 aliphatic rings. The number of nitrogens with zero attached hydrogens (tertiary/aromatic N) is 2. The van der Waals surface area contributed by atoms with Crippen molar-refractivity contribution < 1.29 is 9.90 Å². The maximum atomic E-state index is 11.4. The van der Waals surface area contributed by atoms with Crippen LogP contribution in [0.2, 0.25) is 0 Å². The van der Waals surface area contributed by atoms with Crippen LogP contribution in [0.5, 0.6) is 0 Å². The molecule has 1 rings (SSSR count). The van der Waals surface area contributed by atoms with Gasteiger partial charge in [0, 0.05) is 17.1 Å². The van der Waals surface area contributed by atoms with Gasteiger partial charge in [0.2, 0.25) is 0 Å². The predicted molar refractivity (Wildman–Crippen MR) is 85.9 cm³/mol. The summed E-state index contributed by atoms with van der Waals surface area (Å²) in [7, 11) is 0. The highest BCUT2D eigenvalue weighted by Crippen LogP contribution is 2.21. The Labute approximate surface area is 131 Å². The van der Waals surface area contributed by atoms with Crippen LogP contribution in [0, 0.1) is 20.8 Å². The lowest BCUT2D eigenvalue weighted by Gasteiger charge is -2.25. The molecule has 5 nitrogen and oxygen atoms in total. The SMILES string of the molecule is CCCNC(C)(CCSc1nc(C)c(C)c(C)n1)C(=O)O. The van der Waals surface area contributed by atoms with Crippen molar-refractivity contribution in [2.24, 2.45) is 0 Å². The minimum absolute atomic E-state index is 0.530. The quantitative estimate of drug-likeness (QED) is 0.568. The summed E-state index contributed by atoms with van der Waals surface area (Å²) in [5, 5.41) is 13.2. The molecule has 2 N–H and O–H groups in total. The van der Waals surface area contributed by atoms with Gasteiger partial charge in [-0.25, -0.2) is 9.97 Å². The van der Waals surface area contributed by atoms with Crippen LogP contribution in [0.1, 0.15) is 43.6 Å². The Bertz CT molecular complexity index is 485. The van der Waals surface area contributed by atoms with E-state index in [1.165, 1.54) is 11.8 Å². The molecule has 0 saturated carbocycles. The van der Waals surface area contributed by atoms with Crippen molar-refractivity contribution >= 4 is 17.7 Å². The predicted octanol–water partition coefficient (Wildman–Crippen LogP) is 2.73. The monoisotopic (exact) mass is 311 g/mol. The number of carbonyl (C=O) groups is 1. The molecule has 6 heteroatoms. The van der Waals surface area contributed by atoms with Crippen LogP contribution >= 0.6 is 11.8 Å². The molecule has 1 aromatic rings. The summed E-state index contributed by atoms with van der Waals surface area (Å²) < 4.78 is 0. The fourth-order valence-electron chi connectivity index (χ4n) is 1.82. The molecule has 1 heterocycles. The molecule has 0 saturated heterocycles. The maximum absolute atomic E-state index is 11.4. The maximum Gasteiger partial charge on any atom is 0.323 e. The first-order chi connectivity index (χ1) is 9.80. The summed E-state index contributed by atoms with van der Waals surface area (Å²) >= 11 is 1.51. The first-order valence-electron chi connectivity index (χ1n) is 7.23. The van der Waals surface area contributed by atoms with Crippen molar-refractivity contribution in [3.8, 4) is 0 Å². The zero-order chi connectivity index (χ0) is 16.0. The van der Waals surface area contributed by atoms with Crippen molar-refractivity contribution in [1.82, 2.24) is 15.3 Å². The van der Waals surface area contributed by atoms with Gasteiger partial charge in [-0.15, -0.1) is 0 Å². The average Bonchev–Trinajstić information content (AvgIpc) is 2.42. The largest absolute Gasteiger partial charge is 0.480 e. The van der Waals surface area contributed by atoms with Crippen molar-refractivity contribution in [2.75, 3.05) is 12.3 Å². The van der Waals surface area contributed by atoms with E-state index in [0.29, 0.717) is 18.7 Å². The summed E-state index contributed by atoms with van der Waals surface area (Å²) in [6.07, 6.45) is 1.44. The molecule has 1 aromatic heterocycles. The van der Waals surface area contributed by atoms with Gasteiger partial charge < -0.3 is 10.4 Å². The van der Waals surface area contributed by atoms with Crippen molar-refractivity contribution in [2.45, 2.75) is 58.2 Å². The molecule has 1 atom stereocenters. The second kappa shape index (κ2) is 7.75. The number of hydrogen-bond acceptors (Lipinski definition) is 5. The van der Waals surface area contributed by atoms with Gasteiger partial charge in [-0.1, -0.05) is 18.7 Å². The lowest BCUT2D eigenvalue weighted by molar-refractivity contribution is -0.144. The molecule has 0 aliphatic heterocycles. The van der Waals surface area contributed by atoms with Gasteiger partial charge >= 0.3 is 5.97 Å². The summed E-state index contributed by atoms with van der Waals surface area (Å²) in [4.78, 5) is 20.3. The van der Waals surface area contributed by atoms with Crippen LogP contribution in [0.25, 0.3) is 0 Å². The van der Waals surface area contributed by atoms with E-state index in [-0.39, 0.29) is 0 Å². The third-order valence-electron chi connectivity index (χ3n) is 3.68. The smallest absolute Gasteiger partial charge is 0.323 e. The summed E-state index contributed by atoms with van der Waals surface area (Å²) in [6, 6.07) is 0. The molecule has 0 radical (unpaired) electrons. The number of rotatable bonds is 8. The number of aliphatic carboxylic acids is 1. The van der Waals surface area contributed by atoms with Crippen LogP contribution in [0.4, 0.5) is 0 Å². The second-order valence-electron chi connectivity index (χ2n) is 5.46. The van der Waals surface area contributed by atoms with Gasteiger partial charge in [-0.05, 0) is 52.6 Å². The number of carboxylic acids is 1. The summed E-state index contributed by atoms with van der Waals surface area (Å²) in [5.74, 6) is -0.143. The van der Waals surface area contributed by atoms with Crippen molar-refractivity contribution in [1.29, 1.82) is 0 Å². The number of thioether (sulfide) groups is 1. The first kappa shape index (κ1) is 17.9. The highest BCUT2D eigenvalue weighted by molar-refractivity contribution is 7.99. The number of hydrogen-bond donors (Lipinski definition) is 2. The Morgan fingerprint density at radius 3 is 2.33 bits per heavy atom. The first-order valence-corrected chi connectivity index (χ1v) is 8.21. The Morgan fingerprint density at radius 1 is 1.29 bits per heavy atom. The highest BCUT2D eigenvalue weighted by atomic mass is 32.2. The van der Waals surface area contributed by atoms with Crippen molar-refractivity contribution in [3.63, 3.8) is 0 Å². The van der Waals surface area contributed by atoms with Crippen LogP contribution in [-0.2, 0) is 4.79 Å². The Hall–Kier alpha value is -1.14. The molecule has 0 fully saturated rings. The van der Waals surface area contributed by atoms with E-state index in [4.69, 9.17) is 0 Å². The van der Waals surface area contributed by atoms with Crippen molar-refractivity contribution in [3.05, 3.63) is 17.0 Å². The van der Waals surface area contributed by atoms with Gasteiger partial charge in [0.05, 0.1) is 0 Å². The number of aryl methyl sites for hydroxylation is 2.